The van der Waals surface area contributed by atoms with Crippen molar-refractivity contribution in [1.82, 2.24) is 10.4 Å². The number of nitrogens with one attached hydrogen (secondary N) is 1. The summed E-state index contributed by atoms with van der Waals surface area (Å²) in [5.41, 5.74) is 6.54. The van der Waals surface area contributed by atoms with Gasteiger partial charge in [-0.2, -0.15) is 13.2 Å². The second-order valence-electron chi connectivity index (χ2n) is 11.8. The Morgan fingerprint density at radius 3 is 2.07 bits per heavy atom. The maximum absolute atomic E-state index is 13.6. The lowest BCUT2D eigenvalue weighted by molar-refractivity contribution is -0.137. The number of carbonyl (C=O) groups is 1. The van der Waals surface area contributed by atoms with Crippen molar-refractivity contribution >= 4 is 17.2 Å². The van der Waals surface area contributed by atoms with Gasteiger partial charge < -0.3 is 9.64 Å². The summed E-state index contributed by atoms with van der Waals surface area (Å²) in [6.07, 6.45) is 0.377. The van der Waals surface area contributed by atoms with Crippen molar-refractivity contribution in [2.24, 2.45) is 0 Å². The van der Waals surface area contributed by atoms with Gasteiger partial charge in [0.1, 0.15) is 11.4 Å². The third-order valence-electron chi connectivity index (χ3n) is 7.93. The summed E-state index contributed by atoms with van der Waals surface area (Å²) in [5, 5.41) is 0. The molecule has 3 aromatic rings. The molecule has 220 valence electrons. The van der Waals surface area contributed by atoms with Crippen LogP contribution in [-0.4, -0.2) is 36.6 Å². The molecule has 2 aliphatic rings. The fourth-order valence-electron chi connectivity index (χ4n) is 5.30. The summed E-state index contributed by atoms with van der Waals surface area (Å²) in [4.78, 5) is 21.3. The molecule has 2 heterocycles. The summed E-state index contributed by atoms with van der Waals surface area (Å²) >= 11 is 0. The molecule has 0 saturated carbocycles. The van der Waals surface area contributed by atoms with Crippen LogP contribution in [0.5, 0.6) is 5.75 Å². The molecule has 1 amide bonds. The van der Waals surface area contributed by atoms with E-state index in [9.17, 15) is 18.0 Å². The molecule has 8 heteroatoms. The Kier molecular flexibility index (Phi) is 7.94. The normalized spacial score (nSPS) is 17.2. The van der Waals surface area contributed by atoms with E-state index in [1.165, 1.54) is 18.2 Å². The van der Waals surface area contributed by atoms with Crippen LogP contribution in [-0.2, 0) is 21.2 Å². The van der Waals surface area contributed by atoms with E-state index in [1.807, 2.05) is 48.5 Å². The minimum Gasteiger partial charge on any atom is -0.497 e. The lowest BCUT2D eigenvalue weighted by Gasteiger charge is -2.36. The second-order valence-corrected chi connectivity index (χ2v) is 11.8. The minimum atomic E-state index is -4.44. The topological polar surface area (TPSA) is 50.8 Å². The molecule has 0 aromatic heterocycles. The molecule has 0 aliphatic carbocycles. The summed E-state index contributed by atoms with van der Waals surface area (Å²) in [7, 11) is 1.62. The Labute approximate surface area is 244 Å². The predicted octanol–water partition coefficient (Wildman–Crippen LogP) is 7.38. The smallest absolute Gasteiger partial charge is 0.416 e. The average Bonchev–Trinajstić information content (AvgIpc) is 3.39. The molecule has 5 nitrogen and oxygen atoms in total. The third kappa shape index (κ3) is 6.39. The van der Waals surface area contributed by atoms with Gasteiger partial charge in [-0.15, -0.1) is 0 Å². The van der Waals surface area contributed by atoms with E-state index in [2.05, 4.69) is 32.3 Å². The molecule has 0 radical (unpaired) electrons. The first-order valence-corrected chi connectivity index (χ1v) is 14.0. The van der Waals surface area contributed by atoms with Gasteiger partial charge in [0.2, 0.25) is 5.91 Å². The van der Waals surface area contributed by atoms with Gasteiger partial charge in [-0.25, -0.2) is 0 Å². The highest BCUT2D eigenvalue weighted by molar-refractivity contribution is 5.99. The van der Waals surface area contributed by atoms with E-state index in [-0.39, 0.29) is 11.3 Å². The van der Waals surface area contributed by atoms with Crippen LogP contribution >= 0.6 is 0 Å². The standard InChI is InChI=1S/C34H35F3N2O3/c1-32(2,3)26-12-8-23(9-13-26)29(24-10-14-27(15-11-24)34(35,36)37)21-31(40)39-18-16-33(17-19-39)22-30(38-42-33)25-6-5-7-28(20-25)41-4/h5-15,20-22,38H,16-19H2,1-4H3. The molecule has 5 rings (SSSR count). The Hall–Kier alpha value is -4.04. The van der Waals surface area contributed by atoms with E-state index < -0.39 is 17.3 Å². The summed E-state index contributed by atoms with van der Waals surface area (Å²) < 4.78 is 45.0. The molecule has 0 bridgehead atoms. The van der Waals surface area contributed by atoms with Gasteiger partial charge in [-0.3, -0.25) is 15.1 Å². The number of alkyl halides is 3. The maximum Gasteiger partial charge on any atom is 0.416 e. The number of carbonyl (C=O) groups excluding carboxylic acids is 1. The number of benzene rings is 3. The van der Waals surface area contributed by atoms with Crippen LogP contribution in [0.2, 0.25) is 0 Å². The Morgan fingerprint density at radius 1 is 0.929 bits per heavy atom. The van der Waals surface area contributed by atoms with Gasteiger partial charge in [0.25, 0.3) is 0 Å². The number of hydroxylamine groups is 1. The fourth-order valence-corrected chi connectivity index (χ4v) is 5.30. The van der Waals surface area contributed by atoms with Gasteiger partial charge in [0.15, 0.2) is 0 Å². The van der Waals surface area contributed by atoms with Crippen molar-refractivity contribution in [1.29, 1.82) is 0 Å². The van der Waals surface area contributed by atoms with E-state index in [1.54, 1.807) is 12.0 Å². The third-order valence-corrected chi connectivity index (χ3v) is 7.93. The Balaban J connectivity index is 1.37. The van der Waals surface area contributed by atoms with Gasteiger partial charge in [-0.05, 0) is 58.0 Å². The molecular weight excluding hydrogens is 541 g/mol. The molecule has 3 aromatic carbocycles. The Bertz CT molecular complexity index is 1430. The molecule has 1 fully saturated rings. The number of rotatable bonds is 5. The van der Waals surface area contributed by atoms with Crippen molar-refractivity contribution in [2.75, 3.05) is 20.2 Å². The highest BCUT2D eigenvalue weighted by atomic mass is 19.4. The zero-order valence-electron chi connectivity index (χ0n) is 24.2. The number of nitrogens with zero attached hydrogens (tertiary/aromatic N) is 1. The van der Waals surface area contributed by atoms with Crippen LogP contribution in [0.4, 0.5) is 13.2 Å². The number of hydrogen-bond donors (Lipinski definition) is 1. The highest BCUT2D eigenvalue weighted by Gasteiger charge is 2.40. The fraction of sp³-hybridized carbons (Fsp3) is 0.324. The van der Waals surface area contributed by atoms with Crippen molar-refractivity contribution < 1.29 is 27.5 Å². The van der Waals surface area contributed by atoms with Gasteiger partial charge in [-0.1, -0.05) is 69.3 Å². The van der Waals surface area contributed by atoms with E-state index in [0.29, 0.717) is 37.1 Å². The number of halogens is 3. The summed E-state index contributed by atoms with van der Waals surface area (Å²) in [6, 6.07) is 20.5. The number of ether oxygens (including phenoxy) is 1. The molecule has 1 spiro atoms. The molecule has 0 unspecified atom stereocenters. The lowest BCUT2D eigenvalue weighted by Crippen LogP contribution is -2.46. The highest BCUT2D eigenvalue weighted by Crippen LogP contribution is 2.36. The average molecular weight is 577 g/mol. The molecule has 42 heavy (non-hydrogen) atoms. The van der Waals surface area contributed by atoms with Crippen molar-refractivity contribution in [3.63, 3.8) is 0 Å². The minimum absolute atomic E-state index is 0.0611. The summed E-state index contributed by atoms with van der Waals surface area (Å²) in [5.74, 6) is 0.558. The van der Waals surface area contributed by atoms with Crippen LogP contribution in [0.15, 0.2) is 84.9 Å². The number of methoxy groups -OCH3 is 1. The zero-order valence-corrected chi connectivity index (χ0v) is 24.2. The van der Waals surface area contributed by atoms with Crippen LogP contribution in [0.25, 0.3) is 11.3 Å². The number of hydrogen-bond acceptors (Lipinski definition) is 4. The SMILES string of the molecule is COc1cccc(C2=CC3(CCN(C(=O)C=C(c4ccc(C(C)(C)C)cc4)c4ccc(C(F)(F)F)cc4)CC3)ON2)c1. The molecule has 1 saturated heterocycles. The molecular formula is C34H35F3N2O3. The molecule has 1 N–H and O–H groups in total. The second kappa shape index (κ2) is 11.3. The van der Waals surface area contributed by atoms with Crippen molar-refractivity contribution in [3.8, 4) is 5.75 Å². The monoisotopic (exact) mass is 576 g/mol. The van der Waals surface area contributed by atoms with Gasteiger partial charge in [0.05, 0.1) is 18.4 Å². The van der Waals surface area contributed by atoms with Crippen LogP contribution in [0.3, 0.4) is 0 Å². The van der Waals surface area contributed by atoms with Crippen LogP contribution in [0, 0.1) is 0 Å². The molecule has 2 aliphatic heterocycles. The van der Waals surface area contributed by atoms with Crippen LogP contribution < -0.4 is 10.2 Å². The summed E-state index contributed by atoms with van der Waals surface area (Å²) in [6.45, 7) is 7.28. The zero-order chi connectivity index (χ0) is 30.1. The number of piperidine rings is 1. The van der Waals surface area contributed by atoms with Crippen molar-refractivity contribution in [3.05, 3.63) is 113 Å². The lowest BCUT2D eigenvalue weighted by atomic mass is 9.85. The molecule has 0 atom stereocenters. The predicted molar refractivity (Wildman–Crippen MR) is 157 cm³/mol. The number of likely N-dealkylation sites (tertiary alicyclic amines) is 1. The van der Waals surface area contributed by atoms with E-state index in [0.717, 1.165) is 40.3 Å². The quantitative estimate of drug-likeness (QED) is 0.322. The van der Waals surface area contributed by atoms with Gasteiger partial charge in [0, 0.05) is 37.6 Å². The Morgan fingerprint density at radius 2 is 1.52 bits per heavy atom. The number of amides is 1. The first-order chi connectivity index (χ1) is 19.9. The first kappa shape index (κ1) is 29.5. The van der Waals surface area contributed by atoms with E-state index in [4.69, 9.17) is 9.57 Å². The van der Waals surface area contributed by atoms with E-state index >= 15 is 0 Å². The largest absolute Gasteiger partial charge is 0.497 e. The van der Waals surface area contributed by atoms with Crippen molar-refractivity contribution in [2.45, 2.75) is 50.8 Å². The maximum atomic E-state index is 13.6. The van der Waals surface area contributed by atoms with Crippen LogP contribution in [0.1, 0.15) is 61.4 Å². The first-order valence-electron chi connectivity index (χ1n) is 14.0. The van der Waals surface area contributed by atoms with Gasteiger partial charge >= 0.3 is 6.18 Å².